The van der Waals surface area contributed by atoms with Gasteiger partial charge in [0.1, 0.15) is 5.75 Å². The minimum absolute atomic E-state index is 0.141. The van der Waals surface area contributed by atoms with Gasteiger partial charge in [-0.25, -0.2) is 4.79 Å². The zero-order chi connectivity index (χ0) is 22.5. The summed E-state index contributed by atoms with van der Waals surface area (Å²) in [4.78, 5) is 35.5. The maximum absolute atomic E-state index is 12.6. The largest absolute Gasteiger partial charge is 0.421 e. The molecule has 0 unspecified atom stereocenters. The molecule has 158 valence electrons. The Morgan fingerprint density at radius 1 is 1.06 bits per heavy atom. The Balaban J connectivity index is 1.83. The van der Waals surface area contributed by atoms with Crippen LogP contribution in [0.5, 0.6) is 5.75 Å². The van der Waals surface area contributed by atoms with E-state index in [4.69, 9.17) is 16.3 Å². The third-order valence-corrected chi connectivity index (χ3v) is 5.44. The molecule has 31 heavy (non-hydrogen) atoms. The first-order chi connectivity index (χ1) is 14.7. The number of non-ortho nitro benzene ring substituents is 1. The number of hydrogen-bond donors (Lipinski definition) is 1. The lowest BCUT2D eigenvalue weighted by Crippen LogP contribution is -2.17. The average molecular weight is 569 g/mol. The van der Waals surface area contributed by atoms with Crippen LogP contribution in [0.1, 0.15) is 15.9 Å². The molecule has 0 aromatic heterocycles. The molecule has 0 saturated heterocycles. The summed E-state index contributed by atoms with van der Waals surface area (Å²) in [6.45, 7) is 0. The molecule has 0 heterocycles. The molecule has 7 nitrogen and oxygen atoms in total. The standard InChI is InChI=1S/C21H13Br2ClN2O5/c22-13-8-12(9-19(27)25-14-4-3-5-15(11-14)26(29)30)20(17(23)10-13)31-21(28)16-6-1-2-7-18(16)24/h1-8,10-11H,9H2,(H,25,27). The summed E-state index contributed by atoms with van der Waals surface area (Å²) < 4.78 is 6.66. The predicted octanol–water partition coefficient (Wildman–Crippen LogP) is 6.17. The number of nitrogens with zero attached hydrogens (tertiary/aromatic N) is 1. The molecule has 1 N–H and O–H groups in total. The zero-order valence-electron chi connectivity index (χ0n) is 15.6. The highest BCUT2D eigenvalue weighted by Crippen LogP contribution is 2.34. The van der Waals surface area contributed by atoms with Crippen molar-refractivity contribution in [3.8, 4) is 5.75 Å². The fourth-order valence-corrected chi connectivity index (χ4v) is 4.32. The quantitative estimate of drug-likeness (QED) is 0.166. The molecular formula is C21H13Br2ClN2O5. The smallest absolute Gasteiger partial charge is 0.345 e. The van der Waals surface area contributed by atoms with Crippen molar-refractivity contribution in [1.82, 2.24) is 0 Å². The maximum atomic E-state index is 12.6. The van der Waals surface area contributed by atoms with Gasteiger partial charge in [0.05, 0.1) is 26.4 Å². The molecule has 3 rings (SSSR count). The highest BCUT2D eigenvalue weighted by atomic mass is 79.9. The molecule has 0 aliphatic rings. The van der Waals surface area contributed by atoms with E-state index in [0.717, 1.165) is 0 Å². The van der Waals surface area contributed by atoms with Crippen LogP contribution in [0.3, 0.4) is 0 Å². The minimum Gasteiger partial charge on any atom is -0.421 e. The number of nitro groups is 1. The van der Waals surface area contributed by atoms with Crippen LogP contribution in [-0.2, 0) is 11.2 Å². The second-order valence-electron chi connectivity index (χ2n) is 6.28. The summed E-state index contributed by atoms with van der Waals surface area (Å²) in [5.41, 5.74) is 0.746. The Bertz CT molecular complexity index is 1190. The molecule has 1 amide bonds. The van der Waals surface area contributed by atoms with E-state index in [-0.39, 0.29) is 34.1 Å². The van der Waals surface area contributed by atoms with Gasteiger partial charge < -0.3 is 10.1 Å². The summed E-state index contributed by atoms with van der Waals surface area (Å²) >= 11 is 12.8. The van der Waals surface area contributed by atoms with E-state index < -0.39 is 16.8 Å². The number of carbonyl (C=O) groups excluding carboxylic acids is 2. The Morgan fingerprint density at radius 2 is 1.81 bits per heavy atom. The van der Waals surface area contributed by atoms with Crippen molar-refractivity contribution in [3.63, 3.8) is 0 Å². The minimum atomic E-state index is -0.672. The lowest BCUT2D eigenvalue weighted by atomic mass is 10.1. The molecule has 0 radical (unpaired) electrons. The topological polar surface area (TPSA) is 98.5 Å². The number of anilines is 1. The van der Waals surface area contributed by atoms with Crippen molar-refractivity contribution in [3.05, 3.63) is 95.9 Å². The molecule has 0 aliphatic carbocycles. The van der Waals surface area contributed by atoms with Crippen molar-refractivity contribution in [2.75, 3.05) is 5.32 Å². The number of nitrogens with one attached hydrogen (secondary N) is 1. The first-order valence-corrected chi connectivity index (χ1v) is 10.7. The number of hydrogen-bond acceptors (Lipinski definition) is 5. The van der Waals surface area contributed by atoms with Gasteiger partial charge in [-0.1, -0.05) is 45.7 Å². The molecule has 0 aliphatic heterocycles. The zero-order valence-corrected chi connectivity index (χ0v) is 19.5. The Hall–Kier alpha value is -2.75. The number of nitro benzene ring substituents is 1. The summed E-state index contributed by atoms with van der Waals surface area (Å²) in [5, 5.41) is 13.8. The van der Waals surface area contributed by atoms with Gasteiger partial charge >= 0.3 is 5.97 Å². The fraction of sp³-hybridized carbons (Fsp3) is 0.0476. The van der Waals surface area contributed by atoms with E-state index in [1.807, 2.05) is 0 Å². The van der Waals surface area contributed by atoms with Gasteiger partial charge in [-0.3, -0.25) is 14.9 Å². The van der Waals surface area contributed by atoms with Crippen LogP contribution in [0.2, 0.25) is 5.02 Å². The first-order valence-electron chi connectivity index (χ1n) is 8.73. The highest BCUT2D eigenvalue weighted by molar-refractivity contribution is 9.11. The summed E-state index contributed by atoms with van der Waals surface area (Å²) in [5.74, 6) is -0.947. The Kier molecular flexibility index (Phi) is 7.42. The number of carbonyl (C=O) groups is 2. The van der Waals surface area contributed by atoms with E-state index in [9.17, 15) is 19.7 Å². The van der Waals surface area contributed by atoms with Gasteiger partial charge in [0.25, 0.3) is 5.69 Å². The lowest BCUT2D eigenvalue weighted by molar-refractivity contribution is -0.384. The Labute approximate surface area is 198 Å². The fourth-order valence-electron chi connectivity index (χ4n) is 2.71. The van der Waals surface area contributed by atoms with Gasteiger partial charge in [-0.2, -0.15) is 0 Å². The van der Waals surface area contributed by atoms with Crippen LogP contribution in [0, 0.1) is 10.1 Å². The van der Waals surface area contributed by atoms with E-state index in [2.05, 4.69) is 37.2 Å². The molecule has 3 aromatic carbocycles. The molecule has 0 saturated carbocycles. The van der Waals surface area contributed by atoms with Crippen LogP contribution < -0.4 is 10.1 Å². The van der Waals surface area contributed by atoms with Gasteiger partial charge in [0.2, 0.25) is 5.91 Å². The van der Waals surface area contributed by atoms with Crippen LogP contribution in [0.25, 0.3) is 0 Å². The van der Waals surface area contributed by atoms with E-state index in [0.29, 0.717) is 14.5 Å². The third-order valence-electron chi connectivity index (χ3n) is 4.07. The summed E-state index contributed by atoms with van der Waals surface area (Å²) in [6.07, 6.45) is -0.147. The molecule has 0 spiro atoms. The lowest BCUT2D eigenvalue weighted by Gasteiger charge is -2.14. The van der Waals surface area contributed by atoms with Gasteiger partial charge in [-0.05, 0) is 46.3 Å². The number of halogens is 3. The van der Waals surface area contributed by atoms with E-state index in [1.54, 1.807) is 36.4 Å². The number of benzene rings is 3. The number of esters is 1. The number of rotatable bonds is 6. The van der Waals surface area contributed by atoms with Crippen LogP contribution in [-0.4, -0.2) is 16.8 Å². The van der Waals surface area contributed by atoms with Gasteiger partial charge in [0, 0.05) is 27.9 Å². The molecule has 0 atom stereocenters. The first kappa shape index (κ1) is 22.9. The molecule has 3 aromatic rings. The third kappa shape index (κ3) is 5.90. The molecule has 0 bridgehead atoms. The van der Waals surface area contributed by atoms with Gasteiger partial charge in [-0.15, -0.1) is 0 Å². The summed E-state index contributed by atoms with van der Waals surface area (Å²) in [7, 11) is 0. The maximum Gasteiger partial charge on any atom is 0.345 e. The Morgan fingerprint density at radius 3 is 2.52 bits per heavy atom. The van der Waals surface area contributed by atoms with E-state index >= 15 is 0 Å². The summed E-state index contributed by atoms with van der Waals surface area (Å²) in [6, 6.07) is 15.4. The van der Waals surface area contributed by atoms with Crippen molar-refractivity contribution < 1.29 is 19.2 Å². The predicted molar refractivity (Wildman–Crippen MR) is 124 cm³/mol. The number of ether oxygens (including phenoxy) is 1. The average Bonchev–Trinajstić information content (AvgIpc) is 2.70. The second-order valence-corrected chi connectivity index (χ2v) is 8.45. The van der Waals surface area contributed by atoms with Crippen molar-refractivity contribution >= 4 is 66.7 Å². The molecule has 10 heteroatoms. The van der Waals surface area contributed by atoms with Gasteiger partial charge in [0.15, 0.2) is 0 Å². The van der Waals surface area contributed by atoms with Crippen LogP contribution in [0.15, 0.2) is 69.6 Å². The van der Waals surface area contributed by atoms with Crippen LogP contribution >= 0.6 is 43.5 Å². The monoisotopic (exact) mass is 566 g/mol. The normalized spacial score (nSPS) is 10.4. The van der Waals surface area contributed by atoms with Crippen molar-refractivity contribution in [1.29, 1.82) is 0 Å². The second kappa shape index (κ2) is 10.0. The van der Waals surface area contributed by atoms with Crippen molar-refractivity contribution in [2.45, 2.75) is 6.42 Å². The SMILES string of the molecule is O=C(Cc1cc(Br)cc(Br)c1OC(=O)c1ccccc1Cl)Nc1cccc([N+](=O)[O-])c1. The molecular weight excluding hydrogens is 556 g/mol. The molecule has 0 fully saturated rings. The number of amides is 1. The van der Waals surface area contributed by atoms with Crippen LogP contribution in [0.4, 0.5) is 11.4 Å². The van der Waals surface area contributed by atoms with Crippen molar-refractivity contribution in [2.24, 2.45) is 0 Å². The van der Waals surface area contributed by atoms with E-state index in [1.165, 1.54) is 24.3 Å². The highest BCUT2D eigenvalue weighted by Gasteiger charge is 2.20.